The highest BCUT2D eigenvalue weighted by Crippen LogP contribution is 2.36. The van der Waals surface area contributed by atoms with Crippen LogP contribution in [0.5, 0.6) is 11.5 Å². The van der Waals surface area contributed by atoms with Crippen LogP contribution in [-0.2, 0) is 11.2 Å². The molecule has 2 atom stereocenters. The van der Waals surface area contributed by atoms with Gasteiger partial charge in [-0.1, -0.05) is 18.5 Å². The van der Waals surface area contributed by atoms with Gasteiger partial charge in [0.1, 0.15) is 11.5 Å². The van der Waals surface area contributed by atoms with Crippen molar-refractivity contribution in [2.75, 3.05) is 49.3 Å². The molecule has 42 heavy (non-hydrogen) atoms. The van der Waals surface area contributed by atoms with Gasteiger partial charge in [0.15, 0.2) is 11.0 Å². The maximum absolute atomic E-state index is 8.91. The van der Waals surface area contributed by atoms with Crippen molar-refractivity contribution < 1.29 is 19.4 Å². The fourth-order valence-corrected chi connectivity index (χ4v) is 7.15. The quantitative estimate of drug-likeness (QED) is 0.0773. The molecule has 226 valence electrons. The molecule has 0 bridgehead atoms. The Morgan fingerprint density at radius 2 is 1.86 bits per heavy atom. The Morgan fingerprint density at radius 3 is 2.50 bits per heavy atom. The molecule has 2 aromatic carbocycles. The number of oxime groups is 1. The summed E-state index contributed by atoms with van der Waals surface area (Å²) in [5.41, 5.74) is 8.48. The van der Waals surface area contributed by atoms with E-state index in [1.807, 2.05) is 35.2 Å². The summed E-state index contributed by atoms with van der Waals surface area (Å²) in [5, 5.41) is 16.7. The third kappa shape index (κ3) is 8.31. The number of unbranched alkanes of at least 4 members (excludes halogenated alkanes) is 1. The van der Waals surface area contributed by atoms with E-state index in [1.165, 1.54) is 16.4 Å². The number of amidine groups is 1. The summed E-state index contributed by atoms with van der Waals surface area (Å²) in [7, 11) is 0. The molecule has 4 N–H and O–H groups in total. The van der Waals surface area contributed by atoms with Crippen LogP contribution in [-0.4, -0.2) is 72.7 Å². The smallest absolute Gasteiger partial charge is 0.241 e. The second-order valence-electron chi connectivity index (χ2n) is 10.5. The largest absolute Gasteiger partial charge is 0.455 e. The molecular weight excluding hydrogens is 571 g/mol. The molecule has 0 aliphatic carbocycles. The van der Waals surface area contributed by atoms with E-state index in [9.17, 15) is 0 Å². The normalized spacial score (nSPS) is 18.5. The van der Waals surface area contributed by atoms with Gasteiger partial charge in [0.05, 0.1) is 18.9 Å². The van der Waals surface area contributed by atoms with Crippen molar-refractivity contribution >= 4 is 34.1 Å². The van der Waals surface area contributed by atoms with Gasteiger partial charge < -0.3 is 35.4 Å². The number of ether oxygens (including phenoxy) is 3. The Balaban J connectivity index is 1.29. The van der Waals surface area contributed by atoms with Gasteiger partial charge in [-0.05, 0) is 67.8 Å². The molecule has 0 spiro atoms. The van der Waals surface area contributed by atoms with E-state index in [-0.39, 0.29) is 5.84 Å². The number of morpholine rings is 1. The number of anilines is 1. The molecule has 3 heterocycles. The van der Waals surface area contributed by atoms with Gasteiger partial charge in [-0.3, -0.25) is 0 Å². The highest BCUT2D eigenvalue weighted by atomic mass is 32.2. The van der Waals surface area contributed by atoms with Crippen molar-refractivity contribution in [1.82, 2.24) is 10.3 Å². The van der Waals surface area contributed by atoms with Crippen LogP contribution in [0.2, 0.25) is 0 Å². The van der Waals surface area contributed by atoms with Crippen LogP contribution in [0.3, 0.4) is 0 Å². The Kier molecular flexibility index (Phi) is 11.2. The van der Waals surface area contributed by atoms with E-state index in [4.69, 9.17) is 30.1 Å². The fraction of sp³-hybridized carbons (Fsp3) is 0.484. The summed E-state index contributed by atoms with van der Waals surface area (Å²) in [5.74, 6) is 3.85. The van der Waals surface area contributed by atoms with Gasteiger partial charge >= 0.3 is 0 Å². The number of rotatable bonds is 13. The summed E-state index contributed by atoms with van der Waals surface area (Å²) in [6, 6.07) is 15.9. The molecule has 0 saturated carbocycles. The molecule has 11 heteroatoms. The first-order valence-electron chi connectivity index (χ1n) is 14.8. The standard InChI is InChI=1S/C31H41N5O4S2/c1-2-3-4-28(40-26-12-7-23(8-13-26)30(32)35-37)39-25-10-5-22(6-11-25)29-27(14-9-24-21-41-20-15-33-24)42-31(34-29)36-16-18-38-19-17-36/h5-8,10-13,24,28,33,37H,2-4,9,14-21H2,1H3,(H2,32,35). The topological polar surface area (TPSA) is 114 Å². The van der Waals surface area contributed by atoms with Crippen molar-refractivity contribution in [3.05, 3.63) is 59.0 Å². The molecule has 3 aromatic rings. The minimum Gasteiger partial charge on any atom is -0.455 e. The Morgan fingerprint density at radius 1 is 1.14 bits per heavy atom. The predicted molar refractivity (Wildman–Crippen MR) is 172 cm³/mol. The highest BCUT2D eigenvalue weighted by molar-refractivity contribution is 7.99. The first-order chi connectivity index (χ1) is 20.6. The van der Waals surface area contributed by atoms with Crippen LogP contribution < -0.4 is 25.4 Å². The van der Waals surface area contributed by atoms with Gasteiger partial charge in [-0.15, -0.1) is 11.3 Å². The first-order valence-corrected chi connectivity index (χ1v) is 16.7. The summed E-state index contributed by atoms with van der Waals surface area (Å²) in [6.07, 6.45) is 4.46. The number of thiazole rings is 1. The van der Waals surface area contributed by atoms with Crippen LogP contribution in [0.4, 0.5) is 5.13 Å². The van der Waals surface area contributed by atoms with E-state index < -0.39 is 6.29 Å². The zero-order chi connectivity index (χ0) is 29.1. The third-order valence-electron chi connectivity index (χ3n) is 7.40. The molecule has 5 rings (SSSR count). The number of nitrogens with one attached hydrogen (secondary N) is 1. The SMILES string of the molecule is CCCCC(Oc1ccc(C(N)=NO)cc1)Oc1ccc(-c2nc(N3CCOCC3)sc2CCC2CSCCN2)cc1. The van der Waals surface area contributed by atoms with Crippen LogP contribution >= 0.6 is 23.1 Å². The van der Waals surface area contributed by atoms with Crippen molar-refractivity contribution in [1.29, 1.82) is 0 Å². The molecule has 2 saturated heterocycles. The maximum atomic E-state index is 8.91. The van der Waals surface area contributed by atoms with Crippen molar-refractivity contribution in [3.63, 3.8) is 0 Å². The predicted octanol–water partition coefficient (Wildman–Crippen LogP) is 5.35. The highest BCUT2D eigenvalue weighted by Gasteiger charge is 2.22. The number of hydrogen-bond donors (Lipinski definition) is 3. The molecule has 2 fully saturated rings. The monoisotopic (exact) mass is 611 g/mol. The molecule has 0 amide bonds. The van der Waals surface area contributed by atoms with Crippen molar-refractivity contribution in [3.8, 4) is 22.8 Å². The van der Waals surface area contributed by atoms with Crippen LogP contribution in [0.25, 0.3) is 11.3 Å². The summed E-state index contributed by atoms with van der Waals surface area (Å²) < 4.78 is 18.1. The summed E-state index contributed by atoms with van der Waals surface area (Å²) in [4.78, 5) is 8.83. The molecule has 9 nitrogen and oxygen atoms in total. The summed E-state index contributed by atoms with van der Waals surface area (Å²) >= 11 is 3.86. The minimum atomic E-state index is -0.436. The average Bonchev–Trinajstić information content (AvgIpc) is 3.48. The van der Waals surface area contributed by atoms with Gasteiger partial charge in [0, 0.05) is 59.6 Å². The molecule has 2 aliphatic rings. The second-order valence-corrected chi connectivity index (χ2v) is 12.7. The lowest BCUT2D eigenvalue weighted by molar-refractivity contribution is -0.00211. The van der Waals surface area contributed by atoms with Gasteiger partial charge in [-0.25, -0.2) is 4.98 Å². The van der Waals surface area contributed by atoms with E-state index in [2.05, 4.69) is 34.4 Å². The number of nitrogens with two attached hydrogens (primary N) is 1. The Hall–Kier alpha value is -2.99. The lowest BCUT2D eigenvalue weighted by Crippen LogP contribution is -2.37. The molecule has 2 aliphatic heterocycles. The summed E-state index contributed by atoms with van der Waals surface area (Å²) in [6.45, 7) is 6.49. The number of aryl methyl sites for hydroxylation is 1. The Bertz CT molecular complexity index is 1270. The molecule has 1 aromatic heterocycles. The average molecular weight is 612 g/mol. The number of aromatic nitrogens is 1. The minimum absolute atomic E-state index is 0.0606. The zero-order valence-electron chi connectivity index (χ0n) is 24.2. The van der Waals surface area contributed by atoms with Crippen LogP contribution in [0.1, 0.15) is 43.0 Å². The molecule has 0 radical (unpaired) electrons. The second kappa shape index (κ2) is 15.5. The number of nitrogens with zero attached hydrogens (tertiary/aromatic N) is 3. The van der Waals surface area contributed by atoms with Crippen molar-refractivity contribution in [2.24, 2.45) is 10.9 Å². The van der Waals surface area contributed by atoms with E-state index in [1.54, 1.807) is 24.3 Å². The van der Waals surface area contributed by atoms with E-state index in [0.29, 0.717) is 17.4 Å². The molecule has 2 unspecified atom stereocenters. The fourth-order valence-electron chi connectivity index (χ4n) is 5.00. The van der Waals surface area contributed by atoms with Crippen molar-refractivity contribution in [2.45, 2.75) is 51.4 Å². The number of thioether (sulfide) groups is 1. The first kappa shape index (κ1) is 30.5. The lowest BCUT2D eigenvalue weighted by atomic mass is 10.1. The van der Waals surface area contributed by atoms with Crippen LogP contribution in [0.15, 0.2) is 53.7 Å². The van der Waals surface area contributed by atoms with Gasteiger partial charge in [-0.2, -0.15) is 11.8 Å². The number of hydrogen-bond acceptors (Lipinski definition) is 10. The van der Waals surface area contributed by atoms with Gasteiger partial charge in [0.25, 0.3) is 0 Å². The van der Waals surface area contributed by atoms with E-state index >= 15 is 0 Å². The number of benzene rings is 2. The third-order valence-corrected chi connectivity index (χ3v) is 9.71. The maximum Gasteiger partial charge on any atom is 0.241 e. The lowest BCUT2D eigenvalue weighted by Gasteiger charge is -2.26. The zero-order valence-corrected chi connectivity index (χ0v) is 25.8. The Labute approximate surface area is 256 Å². The van der Waals surface area contributed by atoms with Gasteiger partial charge in [0.2, 0.25) is 6.29 Å². The van der Waals surface area contributed by atoms with Crippen LogP contribution in [0, 0.1) is 0 Å². The molecular formula is C31H41N5O4S2. The van der Waals surface area contributed by atoms with E-state index in [0.717, 1.165) is 87.1 Å².